The SMILES string of the molecule is Cc1csc2ncncc12. The van der Waals surface area contributed by atoms with Crippen LogP contribution in [-0.4, -0.2) is 9.97 Å². The summed E-state index contributed by atoms with van der Waals surface area (Å²) in [6.07, 6.45) is 3.44. The summed E-state index contributed by atoms with van der Waals surface area (Å²) >= 11 is 1.66. The fraction of sp³-hybridized carbons (Fsp3) is 0.143. The van der Waals surface area contributed by atoms with E-state index in [0.29, 0.717) is 0 Å². The summed E-state index contributed by atoms with van der Waals surface area (Å²) in [6.45, 7) is 2.07. The second-order valence-electron chi connectivity index (χ2n) is 2.16. The number of fused-ring (bicyclic) bond motifs is 1. The Morgan fingerprint density at radius 2 is 2.40 bits per heavy atom. The standard InChI is InChI=1S/C7H6N2S/c1-5-3-10-7-6(5)2-8-4-9-7/h2-4H,1H3. The van der Waals surface area contributed by atoms with Crippen LogP contribution in [0.1, 0.15) is 5.56 Å². The van der Waals surface area contributed by atoms with E-state index in [2.05, 4.69) is 22.3 Å². The molecule has 2 nitrogen and oxygen atoms in total. The summed E-state index contributed by atoms with van der Waals surface area (Å²) in [5, 5.41) is 3.27. The number of aromatic nitrogens is 2. The normalized spacial score (nSPS) is 10.5. The third-order valence-electron chi connectivity index (χ3n) is 1.45. The minimum atomic E-state index is 1.08. The van der Waals surface area contributed by atoms with E-state index in [1.807, 2.05) is 6.20 Å². The van der Waals surface area contributed by atoms with Crippen molar-refractivity contribution in [3.63, 3.8) is 0 Å². The van der Waals surface area contributed by atoms with Crippen molar-refractivity contribution in [3.05, 3.63) is 23.5 Å². The molecule has 2 heterocycles. The maximum Gasteiger partial charge on any atom is 0.126 e. The molecule has 0 amide bonds. The molecule has 0 saturated heterocycles. The Balaban J connectivity index is 2.93. The highest BCUT2D eigenvalue weighted by molar-refractivity contribution is 7.16. The van der Waals surface area contributed by atoms with Crippen LogP contribution in [0.3, 0.4) is 0 Å². The lowest BCUT2D eigenvalue weighted by Gasteiger charge is -1.85. The van der Waals surface area contributed by atoms with E-state index < -0.39 is 0 Å². The van der Waals surface area contributed by atoms with Gasteiger partial charge in [-0.05, 0) is 17.9 Å². The molecule has 2 aromatic heterocycles. The lowest BCUT2D eigenvalue weighted by atomic mass is 10.3. The highest BCUT2D eigenvalue weighted by atomic mass is 32.1. The molecule has 0 N–H and O–H groups in total. The molecule has 2 aromatic rings. The highest BCUT2D eigenvalue weighted by Crippen LogP contribution is 2.20. The lowest BCUT2D eigenvalue weighted by Crippen LogP contribution is -1.74. The van der Waals surface area contributed by atoms with Gasteiger partial charge >= 0.3 is 0 Å². The zero-order valence-corrected chi connectivity index (χ0v) is 6.35. The number of hydrogen-bond donors (Lipinski definition) is 0. The van der Waals surface area contributed by atoms with Crippen molar-refractivity contribution in [2.45, 2.75) is 6.92 Å². The van der Waals surface area contributed by atoms with Crippen LogP contribution in [0, 0.1) is 6.92 Å². The summed E-state index contributed by atoms with van der Waals surface area (Å²) in [7, 11) is 0. The Labute approximate surface area is 62.6 Å². The molecule has 0 radical (unpaired) electrons. The molecule has 0 aliphatic carbocycles. The van der Waals surface area contributed by atoms with Crippen LogP contribution >= 0.6 is 11.3 Å². The van der Waals surface area contributed by atoms with Crippen molar-refractivity contribution in [2.24, 2.45) is 0 Å². The maximum absolute atomic E-state index is 4.11. The molecule has 0 aliphatic rings. The van der Waals surface area contributed by atoms with Gasteiger partial charge in [-0.25, -0.2) is 9.97 Å². The predicted octanol–water partition coefficient (Wildman–Crippen LogP) is 2.00. The van der Waals surface area contributed by atoms with Gasteiger partial charge in [0.2, 0.25) is 0 Å². The lowest BCUT2D eigenvalue weighted by molar-refractivity contribution is 1.23. The number of nitrogens with zero attached hydrogens (tertiary/aromatic N) is 2. The fourth-order valence-corrected chi connectivity index (χ4v) is 1.75. The molecule has 2 rings (SSSR count). The first kappa shape index (κ1) is 5.80. The van der Waals surface area contributed by atoms with Crippen molar-refractivity contribution in [1.29, 1.82) is 0 Å². The molecular weight excluding hydrogens is 144 g/mol. The monoisotopic (exact) mass is 150 g/mol. The summed E-state index contributed by atoms with van der Waals surface area (Å²) in [6, 6.07) is 0. The number of aryl methyl sites for hydroxylation is 1. The molecule has 0 atom stereocenters. The second-order valence-corrected chi connectivity index (χ2v) is 3.02. The molecule has 0 saturated carbocycles. The van der Waals surface area contributed by atoms with Gasteiger partial charge in [0.15, 0.2) is 0 Å². The molecule has 3 heteroatoms. The molecule has 0 spiro atoms. The minimum absolute atomic E-state index is 1.08. The van der Waals surface area contributed by atoms with E-state index in [-0.39, 0.29) is 0 Å². The van der Waals surface area contributed by atoms with Crippen LogP contribution in [0.2, 0.25) is 0 Å². The Hall–Kier alpha value is -0.960. The Bertz CT molecular complexity index is 353. The van der Waals surface area contributed by atoms with E-state index >= 15 is 0 Å². The van der Waals surface area contributed by atoms with Gasteiger partial charge in [0.1, 0.15) is 11.2 Å². The molecule has 50 valence electrons. The first-order valence-corrected chi connectivity index (χ1v) is 3.90. The summed E-state index contributed by atoms with van der Waals surface area (Å²) in [4.78, 5) is 9.13. The largest absolute Gasteiger partial charge is 0.244 e. The topological polar surface area (TPSA) is 25.8 Å². The number of hydrogen-bond acceptors (Lipinski definition) is 3. The number of thiophene rings is 1. The van der Waals surface area contributed by atoms with Crippen LogP contribution < -0.4 is 0 Å². The van der Waals surface area contributed by atoms with Crippen molar-refractivity contribution >= 4 is 21.6 Å². The molecule has 0 bridgehead atoms. The van der Waals surface area contributed by atoms with Gasteiger partial charge in [0, 0.05) is 11.6 Å². The van der Waals surface area contributed by atoms with E-state index in [9.17, 15) is 0 Å². The van der Waals surface area contributed by atoms with Gasteiger partial charge in [0.05, 0.1) is 0 Å². The Morgan fingerprint density at radius 3 is 3.20 bits per heavy atom. The molecule has 10 heavy (non-hydrogen) atoms. The van der Waals surface area contributed by atoms with Crippen molar-refractivity contribution in [1.82, 2.24) is 9.97 Å². The van der Waals surface area contributed by atoms with Crippen LogP contribution in [-0.2, 0) is 0 Å². The van der Waals surface area contributed by atoms with Crippen LogP contribution in [0.5, 0.6) is 0 Å². The number of rotatable bonds is 0. The first-order valence-electron chi connectivity index (χ1n) is 3.02. The maximum atomic E-state index is 4.11. The molecule has 0 fully saturated rings. The smallest absolute Gasteiger partial charge is 0.126 e. The van der Waals surface area contributed by atoms with E-state index in [1.54, 1.807) is 17.7 Å². The van der Waals surface area contributed by atoms with Crippen LogP contribution in [0.25, 0.3) is 10.2 Å². The van der Waals surface area contributed by atoms with Gasteiger partial charge in [-0.15, -0.1) is 11.3 Å². The summed E-state index contributed by atoms with van der Waals surface area (Å²) in [5.41, 5.74) is 1.26. The van der Waals surface area contributed by atoms with Crippen molar-refractivity contribution < 1.29 is 0 Å². The Morgan fingerprint density at radius 1 is 1.50 bits per heavy atom. The van der Waals surface area contributed by atoms with Gasteiger partial charge in [-0.3, -0.25) is 0 Å². The van der Waals surface area contributed by atoms with E-state index in [1.165, 1.54) is 10.9 Å². The third kappa shape index (κ3) is 0.708. The first-order chi connectivity index (χ1) is 4.88. The van der Waals surface area contributed by atoms with Gasteiger partial charge < -0.3 is 0 Å². The Kier molecular flexibility index (Phi) is 1.17. The molecule has 0 aliphatic heterocycles. The van der Waals surface area contributed by atoms with Crippen LogP contribution in [0.15, 0.2) is 17.9 Å². The highest BCUT2D eigenvalue weighted by Gasteiger charge is 1.97. The quantitative estimate of drug-likeness (QED) is 0.574. The molecule has 0 unspecified atom stereocenters. The minimum Gasteiger partial charge on any atom is -0.244 e. The van der Waals surface area contributed by atoms with Gasteiger partial charge in [-0.2, -0.15) is 0 Å². The average molecular weight is 150 g/mol. The zero-order valence-electron chi connectivity index (χ0n) is 5.53. The molecule has 0 aromatic carbocycles. The van der Waals surface area contributed by atoms with Gasteiger partial charge in [0.25, 0.3) is 0 Å². The fourth-order valence-electron chi connectivity index (χ4n) is 0.890. The predicted molar refractivity (Wildman–Crippen MR) is 42.2 cm³/mol. The van der Waals surface area contributed by atoms with Crippen molar-refractivity contribution in [3.8, 4) is 0 Å². The second kappa shape index (κ2) is 2.02. The van der Waals surface area contributed by atoms with Crippen molar-refractivity contribution in [2.75, 3.05) is 0 Å². The summed E-state index contributed by atoms with van der Waals surface area (Å²) in [5.74, 6) is 0. The van der Waals surface area contributed by atoms with E-state index in [0.717, 1.165) is 4.83 Å². The zero-order chi connectivity index (χ0) is 6.97. The molecular formula is C7H6N2S. The third-order valence-corrected chi connectivity index (χ3v) is 2.47. The van der Waals surface area contributed by atoms with Gasteiger partial charge in [-0.1, -0.05) is 0 Å². The van der Waals surface area contributed by atoms with E-state index in [4.69, 9.17) is 0 Å². The van der Waals surface area contributed by atoms with Crippen LogP contribution in [0.4, 0.5) is 0 Å². The average Bonchev–Trinajstić information content (AvgIpc) is 2.34. The summed E-state index contributed by atoms with van der Waals surface area (Å²) < 4.78 is 0.